The second-order valence-corrected chi connectivity index (χ2v) is 10.2. The molecule has 0 radical (unpaired) electrons. The van der Waals surface area contributed by atoms with E-state index in [-0.39, 0.29) is 30.0 Å². The van der Waals surface area contributed by atoms with Gasteiger partial charge >= 0.3 is 5.97 Å². The van der Waals surface area contributed by atoms with Crippen LogP contribution in [-0.2, 0) is 30.1 Å². The molecule has 39 heavy (non-hydrogen) atoms. The fourth-order valence-electron chi connectivity index (χ4n) is 4.29. The molecular formula is C27H26N2O9S. The van der Waals surface area contributed by atoms with Gasteiger partial charge in [-0.05, 0) is 31.5 Å². The number of amides is 3. The van der Waals surface area contributed by atoms with Crippen LogP contribution in [0.3, 0.4) is 0 Å². The lowest BCUT2D eigenvalue weighted by atomic mass is 9.99. The van der Waals surface area contributed by atoms with Crippen molar-refractivity contribution >= 4 is 50.2 Å². The number of imide groups is 1. The Hall–Kier alpha value is -4.45. The first-order valence-corrected chi connectivity index (χ1v) is 13.7. The Morgan fingerprint density at radius 2 is 1.36 bits per heavy atom. The Bertz CT molecular complexity index is 1520. The van der Waals surface area contributed by atoms with Crippen LogP contribution in [0.2, 0.25) is 0 Å². The molecule has 3 aromatic carbocycles. The molecule has 0 aliphatic carbocycles. The Balaban J connectivity index is 1.65. The first kappa shape index (κ1) is 27.6. The number of sulfonamides is 1. The first-order valence-electron chi connectivity index (χ1n) is 12.1. The average Bonchev–Trinajstić information content (AvgIpc) is 3.14. The van der Waals surface area contributed by atoms with Gasteiger partial charge in [-0.25, -0.2) is 18.0 Å². The Kier molecular flexibility index (Phi) is 7.86. The molecule has 204 valence electrons. The van der Waals surface area contributed by atoms with Crippen molar-refractivity contribution in [3.8, 4) is 11.5 Å². The first-order chi connectivity index (χ1) is 18.6. The molecule has 0 atom stereocenters. The number of hydrogen-bond donors (Lipinski definition) is 1. The van der Waals surface area contributed by atoms with Crippen molar-refractivity contribution in [3.63, 3.8) is 0 Å². The molecule has 0 fully saturated rings. The van der Waals surface area contributed by atoms with E-state index < -0.39 is 46.1 Å². The molecule has 11 nitrogen and oxygen atoms in total. The lowest BCUT2D eigenvalue weighted by Crippen LogP contribution is -2.34. The van der Waals surface area contributed by atoms with E-state index >= 15 is 0 Å². The molecule has 0 saturated carbocycles. The Morgan fingerprint density at radius 3 is 1.82 bits per heavy atom. The SMILES string of the molecule is CCOc1c2c(c(OCC)c3ccccc13)C(=O)N(c1ccc(CS(=O)(=O)NC(=O)COC(C)=O)cc1)C2=O. The number of carbonyl (C=O) groups is 4. The number of nitrogens with zero attached hydrogens (tertiary/aromatic N) is 1. The zero-order valence-electron chi connectivity index (χ0n) is 21.5. The predicted molar refractivity (Wildman–Crippen MR) is 141 cm³/mol. The lowest BCUT2D eigenvalue weighted by Gasteiger charge is -2.15. The van der Waals surface area contributed by atoms with Crippen LogP contribution in [0.4, 0.5) is 5.69 Å². The molecule has 1 aliphatic heterocycles. The van der Waals surface area contributed by atoms with Crippen molar-refractivity contribution in [1.29, 1.82) is 0 Å². The number of esters is 1. The van der Waals surface area contributed by atoms with Gasteiger partial charge in [-0.2, -0.15) is 0 Å². The number of benzene rings is 3. The summed E-state index contributed by atoms with van der Waals surface area (Å²) in [6, 6.07) is 12.9. The summed E-state index contributed by atoms with van der Waals surface area (Å²) in [4.78, 5) is 50.8. The Morgan fingerprint density at radius 1 is 0.846 bits per heavy atom. The number of fused-ring (bicyclic) bond motifs is 2. The zero-order chi connectivity index (χ0) is 28.3. The van der Waals surface area contributed by atoms with Gasteiger partial charge in [-0.1, -0.05) is 36.4 Å². The third-order valence-corrected chi connectivity index (χ3v) is 7.01. The van der Waals surface area contributed by atoms with E-state index in [1.807, 2.05) is 4.72 Å². The van der Waals surface area contributed by atoms with Crippen LogP contribution in [0, 0.1) is 0 Å². The number of anilines is 1. The van der Waals surface area contributed by atoms with Crippen LogP contribution in [0.5, 0.6) is 11.5 Å². The maximum absolute atomic E-state index is 13.6. The van der Waals surface area contributed by atoms with E-state index in [1.54, 1.807) is 38.1 Å². The van der Waals surface area contributed by atoms with Crippen molar-refractivity contribution in [2.45, 2.75) is 26.5 Å². The molecule has 3 amide bonds. The van der Waals surface area contributed by atoms with Crippen LogP contribution in [0.15, 0.2) is 48.5 Å². The van der Waals surface area contributed by atoms with Crippen LogP contribution in [0.25, 0.3) is 10.8 Å². The number of ether oxygens (including phenoxy) is 3. The van der Waals surface area contributed by atoms with Gasteiger partial charge in [0.05, 0.1) is 35.8 Å². The van der Waals surface area contributed by atoms with E-state index in [9.17, 15) is 27.6 Å². The lowest BCUT2D eigenvalue weighted by molar-refractivity contribution is -0.145. The van der Waals surface area contributed by atoms with Gasteiger partial charge in [-0.15, -0.1) is 0 Å². The summed E-state index contributed by atoms with van der Waals surface area (Å²) in [7, 11) is -4.10. The standard InChI is InChI=1S/C27H26N2O9S/c1-4-36-24-19-8-6-7-9-20(19)25(37-5-2)23-22(24)26(32)29(27(23)33)18-12-10-17(11-13-18)15-39(34,35)28-21(31)14-38-16(3)30/h6-13H,4-5,14-15H2,1-3H3,(H,28,31). The fourth-order valence-corrected chi connectivity index (χ4v) is 5.40. The quantitative estimate of drug-likeness (QED) is 0.295. The maximum Gasteiger partial charge on any atom is 0.303 e. The molecule has 1 heterocycles. The summed E-state index contributed by atoms with van der Waals surface area (Å²) in [6.07, 6.45) is 0. The van der Waals surface area contributed by atoms with Crippen LogP contribution < -0.4 is 19.1 Å². The highest BCUT2D eigenvalue weighted by molar-refractivity contribution is 7.89. The van der Waals surface area contributed by atoms with Crippen LogP contribution in [0.1, 0.15) is 47.1 Å². The molecule has 12 heteroatoms. The summed E-state index contributed by atoms with van der Waals surface area (Å²) in [5.74, 6) is -2.88. The van der Waals surface area contributed by atoms with E-state index in [0.717, 1.165) is 11.8 Å². The minimum atomic E-state index is -4.10. The molecule has 1 aliphatic rings. The van der Waals surface area contributed by atoms with Gasteiger partial charge in [-0.3, -0.25) is 19.2 Å². The van der Waals surface area contributed by atoms with Crippen molar-refractivity contribution in [2.24, 2.45) is 0 Å². The largest absolute Gasteiger partial charge is 0.492 e. The molecule has 0 saturated heterocycles. The highest BCUT2D eigenvalue weighted by atomic mass is 32.2. The van der Waals surface area contributed by atoms with Crippen molar-refractivity contribution in [2.75, 3.05) is 24.7 Å². The Labute approximate surface area is 224 Å². The average molecular weight is 555 g/mol. The predicted octanol–water partition coefficient (Wildman–Crippen LogP) is 2.95. The van der Waals surface area contributed by atoms with Crippen LogP contribution >= 0.6 is 0 Å². The molecule has 0 aromatic heterocycles. The van der Waals surface area contributed by atoms with Gasteiger partial charge in [0, 0.05) is 17.7 Å². The topological polar surface area (TPSA) is 145 Å². The van der Waals surface area contributed by atoms with E-state index in [0.29, 0.717) is 27.8 Å². The van der Waals surface area contributed by atoms with E-state index in [2.05, 4.69) is 4.74 Å². The summed E-state index contributed by atoms with van der Waals surface area (Å²) in [5.41, 5.74) is 0.714. The molecule has 1 N–H and O–H groups in total. The molecule has 4 rings (SSSR count). The summed E-state index contributed by atoms with van der Waals surface area (Å²) in [6.45, 7) is 4.47. The summed E-state index contributed by atoms with van der Waals surface area (Å²) >= 11 is 0. The minimum Gasteiger partial charge on any atom is -0.492 e. The summed E-state index contributed by atoms with van der Waals surface area (Å²) < 4.78 is 42.7. The second kappa shape index (κ2) is 11.1. The van der Waals surface area contributed by atoms with Crippen molar-refractivity contribution in [3.05, 3.63) is 65.2 Å². The highest BCUT2D eigenvalue weighted by Crippen LogP contribution is 2.46. The molecule has 0 bridgehead atoms. The van der Waals surface area contributed by atoms with Gasteiger partial charge in [0.15, 0.2) is 6.61 Å². The fraction of sp³-hybridized carbons (Fsp3) is 0.259. The number of hydrogen-bond acceptors (Lipinski definition) is 9. The number of rotatable bonds is 10. The van der Waals surface area contributed by atoms with Crippen LogP contribution in [-0.4, -0.2) is 51.9 Å². The highest BCUT2D eigenvalue weighted by Gasteiger charge is 2.43. The zero-order valence-corrected chi connectivity index (χ0v) is 22.3. The van der Waals surface area contributed by atoms with E-state index in [4.69, 9.17) is 9.47 Å². The third kappa shape index (κ3) is 5.55. The van der Waals surface area contributed by atoms with Gasteiger partial charge in [0.2, 0.25) is 10.0 Å². The number of carbonyl (C=O) groups excluding carboxylic acids is 4. The smallest absolute Gasteiger partial charge is 0.303 e. The minimum absolute atomic E-state index is 0.103. The molecular weight excluding hydrogens is 528 g/mol. The van der Waals surface area contributed by atoms with Crippen molar-refractivity contribution in [1.82, 2.24) is 4.72 Å². The maximum atomic E-state index is 13.6. The number of nitrogens with one attached hydrogen (secondary N) is 1. The molecule has 0 spiro atoms. The van der Waals surface area contributed by atoms with Gasteiger partial charge in [0.1, 0.15) is 11.5 Å². The third-order valence-electron chi connectivity index (χ3n) is 5.76. The normalized spacial score (nSPS) is 12.8. The molecule has 0 unspecified atom stereocenters. The second-order valence-electron chi connectivity index (χ2n) is 8.50. The molecule has 3 aromatic rings. The van der Waals surface area contributed by atoms with E-state index in [1.165, 1.54) is 24.3 Å². The van der Waals surface area contributed by atoms with Crippen molar-refractivity contribution < 1.29 is 41.8 Å². The monoisotopic (exact) mass is 554 g/mol. The van der Waals surface area contributed by atoms with Gasteiger partial charge < -0.3 is 14.2 Å². The summed E-state index contributed by atoms with van der Waals surface area (Å²) in [5, 5.41) is 1.28. The van der Waals surface area contributed by atoms with Gasteiger partial charge in [0.25, 0.3) is 17.7 Å².